The number of rotatable bonds is 6. The van der Waals surface area contributed by atoms with Gasteiger partial charge in [-0.3, -0.25) is 4.79 Å². The van der Waals surface area contributed by atoms with Gasteiger partial charge in [-0.25, -0.2) is 4.79 Å². The first-order valence-electron chi connectivity index (χ1n) is 8.36. The maximum absolute atomic E-state index is 12.1. The average molecular weight is 356 g/mol. The Morgan fingerprint density at radius 2 is 1.69 bits per heavy atom. The fourth-order valence-corrected chi connectivity index (χ4v) is 2.44. The lowest BCUT2D eigenvalue weighted by Crippen LogP contribution is -2.22. The number of ether oxygens (including phenoxy) is 3. The molecule has 26 heavy (non-hydrogen) atoms. The summed E-state index contributed by atoms with van der Waals surface area (Å²) >= 11 is 0. The Labute approximate surface area is 151 Å². The molecule has 0 atom stereocenters. The van der Waals surface area contributed by atoms with Crippen molar-refractivity contribution in [3.05, 3.63) is 48.0 Å². The fraction of sp³-hybridized carbons (Fsp3) is 0.263. The van der Waals surface area contributed by atoms with Crippen LogP contribution in [0.2, 0.25) is 0 Å². The van der Waals surface area contributed by atoms with Gasteiger partial charge in [-0.2, -0.15) is 0 Å². The molecule has 0 saturated heterocycles. The molecular formula is C19H20N2O5. The molecule has 0 aromatic heterocycles. The Bertz CT molecular complexity index is 789. The molecule has 0 fully saturated rings. The molecule has 0 aliphatic carbocycles. The Morgan fingerprint density at radius 1 is 1.00 bits per heavy atom. The molecule has 1 aliphatic heterocycles. The number of nitrogens with one attached hydrogen (secondary N) is 2. The number of carbonyl (C=O) groups is 2. The van der Waals surface area contributed by atoms with Gasteiger partial charge in [0, 0.05) is 17.4 Å². The second kappa shape index (κ2) is 8.24. The highest BCUT2D eigenvalue weighted by Gasteiger charge is 2.12. The Balaban J connectivity index is 1.52. The summed E-state index contributed by atoms with van der Waals surface area (Å²) in [4.78, 5) is 23.7. The summed E-state index contributed by atoms with van der Waals surface area (Å²) < 4.78 is 15.9. The lowest BCUT2D eigenvalue weighted by atomic mass is 10.2. The van der Waals surface area contributed by atoms with E-state index < -0.39 is 0 Å². The van der Waals surface area contributed by atoms with Crippen molar-refractivity contribution in [2.75, 3.05) is 37.0 Å². The van der Waals surface area contributed by atoms with E-state index in [-0.39, 0.29) is 18.4 Å². The van der Waals surface area contributed by atoms with E-state index in [1.807, 2.05) is 12.1 Å². The molecule has 0 unspecified atom stereocenters. The molecule has 3 rings (SSSR count). The fourth-order valence-electron chi connectivity index (χ4n) is 2.44. The van der Waals surface area contributed by atoms with E-state index in [2.05, 4.69) is 10.6 Å². The van der Waals surface area contributed by atoms with E-state index in [1.165, 1.54) is 0 Å². The Hall–Kier alpha value is -3.22. The van der Waals surface area contributed by atoms with Crippen molar-refractivity contribution in [3.63, 3.8) is 0 Å². The number of benzene rings is 2. The van der Waals surface area contributed by atoms with Crippen molar-refractivity contribution in [3.8, 4) is 11.5 Å². The van der Waals surface area contributed by atoms with Gasteiger partial charge in [0.05, 0.1) is 18.7 Å². The normalized spacial score (nSPS) is 12.2. The number of amides is 1. The smallest absolute Gasteiger partial charge is 0.338 e. The van der Waals surface area contributed by atoms with Crippen LogP contribution in [0.4, 0.5) is 11.4 Å². The highest BCUT2D eigenvalue weighted by molar-refractivity contribution is 5.95. The van der Waals surface area contributed by atoms with Gasteiger partial charge in [0.25, 0.3) is 0 Å². The van der Waals surface area contributed by atoms with Gasteiger partial charge in [-0.15, -0.1) is 0 Å². The predicted molar refractivity (Wildman–Crippen MR) is 96.9 cm³/mol. The van der Waals surface area contributed by atoms with Crippen molar-refractivity contribution in [1.82, 2.24) is 0 Å². The Kier molecular flexibility index (Phi) is 5.58. The van der Waals surface area contributed by atoms with E-state index in [1.54, 1.807) is 37.3 Å². The van der Waals surface area contributed by atoms with Gasteiger partial charge in [-0.1, -0.05) is 0 Å². The zero-order chi connectivity index (χ0) is 18.4. The second-order valence-electron chi connectivity index (χ2n) is 5.56. The minimum absolute atomic E-state index is 0.0965. The maximum atomic E-state index is 12.1. The van der Waals surface area contributed by atoms with Crippen LogP contribution in [0.1, 0.15) is 17.3 Å². The standard InChI is InChI=1S/C19H20N2O5/c1-2-24-19(23)13-3-5-14(6-4-13)21-18(22)12-20-15-7-8-16-17(11-15)26-10-9-25-16/h3-8,11,20H,2,9-10,12H2,1H3,(H,21,22). The molecule has 1 amide bonds. The van der Waals surface area contributed by atoms with Crippen LogP contribution in [0.15, 0.2) is 42.5 Å². The molecule has 2 N–H and O–H groups in total. The maximum Gasteiger partial charge on any atom is 0.338 e. The van der Waals surface area contributed by atoms with Gasteiger partial charge in [0.1, 0.15) is 13.2 Å². The number of fused-ring (bicyclic) bond motifs is 1. The van der Waals surface area contributed by atoms with E-state index in [0.29, 0.717) is 42.6 Å². The molecule has 136 valence electrons. The van der Waals surface area contributed by atoms with E-state index in [4.69, 9.17) is 14.2 Å². The largest absolute Gasteiger partial charge is 0.486 e. The van der Waals surface area contributed by atoms with Crippen molar-refractivity contribution < 1.29 is 23.8 Å². The topological polar surface area (TPSA) is 85.9 Å². The minimum atomic E-state index is -0.384. The molecule has 0 bridgehead atoms. The van der Waals surface area contributed by atoms with Gasteiger partial charge >= 0.3 is 5.97 Å². The third kappa shape index (κ3) is 4.44. The SMILES string of the molecule is CCOC(=O)c1ccc(NC(=O)CNc2ccc3c(c2)OCCO3)cc1. The molecule has 1 aliphatic rings. The number of hydrogen-bond acceptors (Lipinski definition) is 6. The van der Waals surface area contributed by atoms with Crippen LogP contribution >= 0.6 is 0 Å². The predicted octanol–water partition coefficient (Wildman–Crippen LogP) is 2.69. The van der Waals surface area contributed by atoms with Crippen LogP contribution in [0, 0.1) is 0 Å². The van der Waals surface area contributed by atoms with Gasteiger partial charge in [0.15, 0.2) is 11.5 Å². The molecule has 2 aromatic carbocycles. The molecular weight excluding hydrogens is 336 g/mol. The lowest BCUT2D eigenvalue weighted by Gasteiger charge is -2.19. The number of anilines is 2. The highest BCUT2D eigenvalue weighted by Crippen LogP contribution is 2.32. The summed E-state index contributed by atoms with van der Waals surface area (Å²) in [7, 11) is 0. The Morgan fingerprint density at radius 3 is 2.42 bits per heavy atom. The molecule has 1 heterocycles. The van der Waals surface area contributed by atoms with Gasteiger partial charge < -0.3 is 24.8 Å². The van der Waals surface area contributed by atoms with Crippen LogP contribution in [0.3, 0.4) is 0 Å². The molecule has 7 nitrogen and oxygen atoms in total. The summed E-state index contributed by atoms with van der Waals surface area (Å²) in [6.07, 6.45) is 0. The first-order valence-corrected chi connectivity index (χ1v) is 8.36. The zero-order valence-electron chi connectivity index (χ0n) is 14.4. The summed E-state index contributed by atoms with van der Waals surface area (Å²) in [5.74, 6) is 0.776. The molecule has 7 heteroatoms. The van der Waals surface area contributed by atoms with E-state index >= 15 is 0 Å². The monoisotopic (exact) mass is 356 g/mol. The average Bonchev–Trinajstić information content (AvgIpc) is 2.67. The first kappa shape index (κ1) is 17.6. The van der Waals surface area contributed by atoms with Crippen molar-refractivity contribution in [1.29, 1.82) is 0 Å². The lowest BCUT2D eigenvalue weighted by molar-refractivity contribution is -0.114. The number of hydrogen-bond donors (Lipinski definition) is 2. The van der Waals surface area contributed by atoms with Crippen LogP contribution in [-0.4, -0.2) is 38.2 Å². The quantitative estimate of drug-likeness (QED) is 0.774. The zero-order valence-corrected chi connectivity index (χ0v) is 14.4. The third-order valence-electron chi connectivity index (χ3n) is 3.68. The third-order valence-corrected chi connectivity index (χ3v) is 3.68. The second-order valence-corrected chi connectivity index (χ2v) is 5.56. The summed E-state index contributed by atoms with van der Waals surface area (Å²) in [6, 6.07) is 12.0. The number of carbonyl (C=O) groups excluding carboxylic acids is 2. The first-order chi connectivity index (χ1) is 12.7. The van der Waals surface area contributed by atoms with Crippen LogP contribution in [0.5, 0.6) is 11.5 Å². The summed E-state index contributed by atoms with van der Waals surface area (Å²) in [5.41, 5.74) is 1.81. The van der Waals surface area contributed by atoms with Crippen molar-refractivity contribution in [2.45, 2.75) is 6.92 Å². The number of esters is 1. The molecule has 0 spiro atoms. The van der Waals surface area contributed by atoms with Crippen LogP contribution < -0.4 is 20.1 Å². The highest BCUT2D eigenvalue weighted by atomic mass is 16.6. The molecule has 0 saturated carbocycles. The molecule has 2 aromatic rings. The van der Waals surface area contributed by atoms with Gasteiger partial charge in [0.2, 0.25) is 5.91 Å². The van der Waals surface area contributed by atoms with Crippen LogP contribution in [-0.2, 0) is 9.53 Å². The van der Waals surface area contributed by atoms with E-state index in [9.17, 15) is 9.59 Å². The summed E-state index contributed by atoms with van der Waals surface area (Å²) in [5, 5.41) is 5.80. The van der Waals surface area contributed by atoms with E-state index in [0.717, 1.165) is 5.69 Å². The van der Waals surface area contributed by atoms with Gasteiger partial charge in [-0.05, 0) is 43.3 Å². The van der Waals surface area contributed by atoms with Crippen molar-refractivity contribution in [2.24, 2.45) is 0 Å². The van der Waals surface area contributed by atoms with Crippen LogP contribution in [0.25, 0.3) is 0 Å². The minimum Gasteiger partial charge on any atom is -0.486 e. The summed E-state index contributed by atoms with van der Waals surface area (Å²) in [6.45, 7) is 3.22. The molecule has 0 radical (unpaired) electrons. The van der Waals surface area contributed by atoms with Crippen molar-refractivity contribution >= 4 is 23.3 Å².